The molecule has 0 saturated heterocycles. The number of methoxy groups -OCH3 is 1. The molecule has 2 aromatic rings. The molecular weight excluding hydrogens is 373 g/mol. The molecule has 3 rings (SSSR count). The third kappa shape index (κ3) is 6.08. The molecule has 2 heterocycles. The smallest absolute Gasteiger partial charge is 0.385 e. The molecule has 28 heavy (non-hydrogen) atoms. The Kier molecular flexibility index (Phi) is 7.22. The lowest BCUT2D eigenvalue weighted by Crippen LogP contribution is -2.21. The fraction of sp³-hybridized carbons (Fsp3) is 0.611. The average Bonchev–Trinajstić information content (AvgIpc) is 3.19. The Labute approximate surface area is 162 Å². The van der Waals surface area contributed by atoms with Crippen LogP contribution in [0.3, 0.4) is 0 Å². The van der Waals surface area contributed by atoms with E-state index in [2.05, 4.69) is 25.7 Å². The molecule has 0 bridgehead atoms. The summed E-state index contributed by atoms with van der Waals surface area (Å²) >= 11 is 0. The van der Waals surface area contributed by atoms with Crippen molar-refractivity contribution in [3.63, 3.8) is 0 Å². The number of aryl methyl sites for hydroxylation is 1. The van der Waals surface area contributed by atoms with Crippen molar-refractivity contribution in [2.24, 2.45) is 0 Å². The second-order valence-corrected chi connectivity index (χ2v) is 6.60. The molecule has 0 unspecified atom stereocenters. The first kappa shape index (κ1) is 21.9. The predicted molar refractivity (Wildman–Crippen MR) is 102 cm³/mol. The highest BCUT2D eigenvalue weighted by atomic mass is 19.4. The Morgan fingerprint density at radius 3 is 2.57 bits per heavy atom. The molecule has 10 heteroatoms. The first-order valence-electron chi connectivity index (χ1n) is 9.30. The van der Waals surface area contributed by atoms with E-state index in [-0.39, 0.29) is 17.3 Å². The monoisotopic (exact) mass is 400 g/mol. The summed E-state index contributed by atoms with van der Waals surface area (Å²) in [7, 11) is 1.63. The van der Waals surface area contributed by atoms with Crippen molar-refractivity contribution in [3.8, 4) is 0 Å². The van der Waals surface area contributed by atoms with Crippen LogP contribution in [0.5, 0.6) is 0 Å². The Morgan fingerprint density at radius 2 is 1.96 bits per heavy atom. The van der Waals surface area contributed by atoms with Crippen molar-refractivity contribution >= 4 is 17.5 Å². The third-order valence-electron chi connectivity index (χ3n) is 4.14. The molecular formula is C18H27F3N6O. The number of hydrogen-bond acceptors (Lipinski definition) is 6. The maximum atomic E-state index is 13.2. The van der Waals surface area contributed by atoms with E-state index in [1.54, 1.807) is 24.2 Å². The van der Waals surface area contributed by atoms with Gasteiger partial charge in [-0.2, -0.15) is 23.3 Å². The van der Waals surface area contributed by atoms with Gasteiger partial charge in [-0.1, -0.05) is 13.8 Å². The van der Waals surface area contributed by atoms with Gasteiger partial charge in [-0.25, -0.2) is 4.98 Å². The van der Waals surface area contributed by atoms with Crippen molar-refractivity contribution in [3.05, 3.63) is 24.2 Å². The minimum absolute atomic E-state index is 0.0844. The van der Waals surface area contributed by atoms with Gasteiger partial charge in [0, 0.05) is 38.2 Å². The quantitative estimate of drug-likeness (QED) is 0.637. The van der Waals surface area contributed by atoms with Crippen LogP contribution >= 0.6 is 0 Å². The molecule has 0 spiro atoms. The van der Waals surface area contributed by atoms with Crippen LogP contribution in [0.25, 0.3) is 0 Å². The summed E-state index contributed by atoms with van der Waals surface area (Å²) in [4.78, 5) is 7.83. The Balaban J connectivity index is 0.00000136. The zero-order chi connectivity index (χ0) is 20.8. The van der Waals surface area contributed by atoms with Crippen LogP contribution in [0.4, 0.5) is 30.6 Å². The molecule has 0 atom stereocenters. The standard InChI is InChI=1S/C16H21F3N6O.C2H6/c1-15(4-5-15)24-13-12(16(17,18)19)9-20-14(23-13)22-11-8-21-25(10-11)6-3-7-26-2;1-2/h8-10H,3-7H2,1-2H3,(H2,20,22,23,24);1-2H3. The molecule has 7 nitrogen and oxygen atoms in total. The van der Waals surface area contributed by atoms with E-state index >= 15 is 0 Å². The van der Waals surface area contributed by atoms with Crippen LogP contribution in [-0.4, -0.2) is 39.0 Å². The van der Waals surface area contributed by atoms with Gasteiger partial charge in [0.2, 0.25) is 5.95 Å². The molecule has 156 valence electrons. The number of anilines is 3. The molecule has 1 fully saturated rings. The Hall–Kier alpha value is -2.36. The lowest BCUT2D eigenvalue weighted by atomic mass is 10.2. The van der Waals surface area contributed by atoms with Crippen LogP contribution in [0.1, 0.15) is 45.6 Å². The third-order valence-corrected chi connectivity index (χ3v) is 4.14. The number of rotatable bonds is 8. The van der Waals surface area contributed by atoms with E-state index in [1.807, 2.05) is 20.8 Å². The summed E-state index contributed by atoms with van der Waals surface area (Å²) in [5.41, 5.74) is -0.602. The highest BCUT2D eigenvalue weighted by Crippen LogP contribution is 2.41. The van der Waals surface area contributed by atoms with Gasteiger partial charge in [0.05, 0.1) is 11.9 Å². The summed E-state index contributed by atoms with van der Waals surface area (Å²) in [6, 6.07) is 0. The lowest BCUT2D eigenvalue weighted by Gasteiger charge is -2.18. The summed E-state index contributed by atoms with van der Waals surface area (Å²) in [5.74, 6) is -0.122. The molecule has 0 aromatic carbocycles. The number of hydrogen-bond donors (Lipinski definition) is 2. The number of nitrogens with zero attached hydrogens (tertiary/aromatic N) is 4. The van der Waals surface area contributed by atoms with E-state index in [4.69, 9.17) is 4.74 Å². The molecule has 0 radical (unpaired) electrons. The summed E-state index contributed by atoms with van der Waals surface area (Å²) in [6.45, 7) is 7.17. The van der Waals surface area contributed by atoms with Crippen LogP contribution in [0.15, 0.2) is 18.6 Å². The second kappa shape index (κ2) is 9.22. The highest BCUT2D eigenvalue weighted by Gasteiger charge is 2.41. The first-order valence-corrected chi connectivity index (χ1v) is 9.30. The van der Waals surface area contributed by atoms with Gasteiger partial charge < -0.3 is 15.4 Å². The van der Waals surface area contributed by atoms with Crippen molar-refractivity contribution in [2.75, 3.05) is 24.4 Å². The topological polar surface area (TPSA) is 76.9 Å². The molecule has 1 aliphatic rings. The van der Waals surface area contributed by atoms with E-state index < -0.39 is 11.7 Å². The van der Waals surface area contributed by atoms with Gasteiger partial charge in [0.25, 0.3) is 0 Å². The van der Waals surface area contributed by atoms with Crippen LogP contribution < -0.4 is 10.6 Å². The lowest BCUT2D eigenvalue weighted by molar-refractivity contribution is -0.137. The normalized spacial score (nSPS) is 14.8. The molecule has 2 N–H and O–H groups in total. The second-order valence-electron chi connectivity index (χ2n) is 6.60. The number of alkyl halides is 3. The SMILES string of the molecule is CC.COCCCn1cc(Nc2ncc(C(F)(F)F)c(NC3(C)CC3)n2)cn1. The number of ether oxygens (including phenoxy) is 1. The van der Waals surface area contributed by atoms with Crippen molar-refractivity contribution in [2.45, 2.75) is 58.3 Å². The Morgan fingerprint density at radius 1 is 1.25 bits per heavy atom. The van der Waals surface area contributed by atoms with Crippen molar-refractivity contribution in [1.29, 1.82) is 0 Å². The van der Waals surface area contributed by atoms with Gasteiger partial charge in [0.1, 0.15) is 11.4 Å². The maximum absolute atomic E-state index is 13.2. The Bertz CT molecular complexity index is 758. The van der Waals surface area contributed by atoms with Crippen LogP contribution in [0.2, 0.25) is 0 Å². The van der Waals surface area contributed by atoms with E-state index in [9.17, 15) is 13.2 Å². The number of nitrogens with one attached hydrogen (secondary N) is 2. The van der Waals surface area contributed by atoms with E-state index in [1.165, 1.54) is 0 Å². The molecule has 1 saturated carbocycles. The molecule has 0 aliphatic heterocycles. The molecule has 1 aliphatic carbocycles. The van der Waals surface area contributed by atoms with Gasteiger partial charge in [-0.15, -0.1) is 0 Å². The largest absolute Gasteiger partial charge is 0.421 e. The number of halogens is 3. The first-order chi connectivity index (χ1) is 13.3. The molecule has 2 aromatic heterocycles. The predicted octanol–water partition coefficient (Wildman–Crippen LogP) is 4.46. The van der Waals surface area contributed by atoms with Crippen molar-refractivity contribution in [1.82, 2.24) is 19.7 Å². The minimum atomic E-state index is -4.52. The fourth-order valence-corrected chi connectivity index (χ4v) is 2.39. The van der Waals surface area contributed by atoms with Crippen LogP contribution in [-0.2, 0) is 17.5 Å². The van der Waals surface area contributed by atoms with Gasteiger partial charge in [0.15, 0.2) is 0 Å². The van der Waals surface area contributed by atoms with E-state index in [0.29, 0.717) is 18.8 Å². The maximum Gasteiger partial charge on any atom is 0.421 e. The summed E-state index contributed by atoms with van der Waals surface area (Å²) in [5, 5.41) is 9.96. The highest BCUT2D eigenvalue weighted by molar-refractivity contribution is 5.56. The summed E-state index contributed by atoms with van der Waals surface area (Å²) < 4.78 is 46.3. The fourth-order valence-electron chi connectivity index (χ4n) is 2.39. The van der Waals surface area contributed by atoms with Gasteiger partial charge >= 0.3 is 6.18 Å². The summed E-state index contributed by atoms with van der Waals surface area (Å²) in [6.07, 6.45) is 2.03. The molecule has 0 amide bonds. The van der Waals surface area contributed by atoms with Gasteiger partial charge in [-0.3, -0.25) is 4.68 Å². The zero-order valence-corrected chi connectivity index (χ0v) is 16.6. The van der Waals surface area contributed by atoms with Gasteiger partial charge in [-0.05, 0) is 26.2 Å². The number of aromatic nitrogens is 4. The minimum Gasteiger partial charge on any atom is -0.385 e. The van der Waals surface area contributed by atoms with Crippen molar-refractivity contribution < 1.29 is 17.9 Å². The van der Waals surface area contributed by atoms with Crippen LogP contribution in [0, 0.1) is 0 Å². The zero-order valence-electron chi connectivity index (χ0n) is 16.6. The van der Waals surface area contributed by atoms with E-state index in [0.717, 1.165) is 25.5 Å². The average molecular weight is 400 g/mol.